The van der Waals surface area contributed by atoms with Crippen LogP contribution in [0.1, 0.15) is 31.2 Å². The Morgan fingerprint density at radius 2 is 2.20 bits per heavy atom. The van der Waals surface area contributed by atoms with Gasteiger partial charge in [0.2, 0.25) is 0 Å². The minimum atomic E-state index is 0.259. The Morgan fingerprint density at radius 1 is 1.47 bits per heavy atom. The van der Waals surface area contributed by atoms with E-state index in [0.717, 1.165) is 11.1 Å². The Balaban J connectivity index is 2.64. The van der Waals surface area contributed by atoms with Gasteiger partial charge in [0.25, 0.3) is 0 Å². The monoisotopic (exact) mass is 224 g/mol. The number of halogens is 1. The van der Waals surface area contributed by atoms with Gasteiger partial charge in [-0.05, 0) is 17.7 Å². The first-order chi connectivity index (χ1) is 7.11. The Labute approximate surface area is 93.2 Å². The Kier molecular flexibility index (Phi) is 2.67. The summed E-state index contributed by atoms with van der Waals surface area (Å²) >= 11 is 6.07. The molecule has 0 spiro atoms. The fraction of sp³-hybridized carbons (Fsp3) is 0.364. The summed E-state index contributed by atoms with van der Waals surface area (Å²) in [5.41, 5.74) is 7.96. The van der Waals surface area contributed by atoms with Crippen molar-refractivity contribution in [1.82, 2.24) is 4.98 Å². The van der Waals surface area contributed by atoms with Crippen molar-refractivity contribution in [1.29, 1.82) is 0 Å². The number of aromatic nitrogens is 1. The molecule has 80 valence electrons. The molecule has 2 aromatic rings. The van der Waals surface area contributed by atoms with Gasteiger partial charge >= 0.3 is 0 Å². The summed E-state index contributed by atoms with van der Waals surface area (Å²) in [6.45, 7) is 4.52. The molecule has 0 aliphatic carbocycles. The summed E-state index contributed by atoms with van der Waals surface area (Å²) in [4.78, 5) is 4.38. The zero-order valence-electron chi connectivity index (χ0n) is 8.75. The van der Waals surface area contributed by atoms with Gasteiger partial charge in [-0.25, -0.2) is 4.98 Å². The summed E-state index contributed by atoms with van der Waals surface area (Å²) in [6, 6.07) is 3.73. The molecule has 0 saturated heterocycles. The molecule has 0 bridgehead atoms. The van der Waals surface area contributed by atoms with Gasteiger partial charge in [0, 0.05) is 12.5 Å². The molecule has 1 aromatic heterocycles. The van der Waals surface area contributed by atoms with E-state index >= 15 is 0 Å². The SMILES string of the molecule is CC(C)c1nc2cc(CN)cc(Cl)c2o1. The van der Waals surface area contributed by atoms with E-state index in [0.29, 0.717) is 23.0 Å². The molecule has 0 unspecified atom stereocenters. The van der Waals surface area contributed by atoms with Crippen LogP contribution in [0, 0.1) is 0 Å². The van der Waals surface area contributed by atoms with Crippen molar-refractivity contribution >= 4 is 22.7 Å². The molecular weight excluding hydrogens is 212 g/mol. The third-order valence-electron chi connectivity index (χ3n) is 2.25. The fourth-order valence-corrected chi connectivity index (χ4v) is 1.70. The molecule has 0 aliphatic rings. The average Bonchev–Trinajstić information content (AvgIpc) is 2.61. The molecule has 0 fully saturated rings. The predicted octanol–water partition coefficient (Wildman–Crippen LogP) is 3.06. The topological polar surface area (TPSA) is 52.0 Å². The maximum Gasteiger partial charge on any atom is 0.198 e. The highest BCUT2D eigenvalue weighted by atomic mass is 35.5. The largest absolute Gasteiger partial charge is 0.439 e. The molecule has 0 saturated carbocycles. The minimum absolute atomic E-state index is 0.259. The first kappa shape index (κ1) is 10.5. The quantitative estimate of drug-likeness (QED) is 0.853. The smallest absolute Gasteiger partial charge is 0.198 e. The number of oxazole rings is 1. The molecule has 0 amide bonds. The van der Waals surface area contributed by atoms with Crippen molar-refractivity contribution in [2.45, 2.75) is 26.3 Å². The van der Waals surface area contributed by atoms with Crippen LogP contribution in [0.15, 0.2) is 16.5 Å². The van der Waals surface area contributed by atoms with E-state index in [1.165, 1.54) is 0 Å². The number of hydrogen-bond acceptors (Lipinski definition) is 3. The van der Waals surface area contributed by atoms with Crippen LogP contribution < -0.4 is 5.73 Å². The lowest BCUT2D eigenvalue weighted by Gasteiger charge is -1.96. The van der Waals surface area contributed by atoms with E-state index in [2.05, 4.69) is 4.98 Å². The van der Waals surface area contributed by atoms with Gasteiger partial charge in [0.15, 0.2) is 11.5 Å². The molecule has 0 aliphatic heterocycles. The molecule has 3 nitrogen and oxygen atoms in total. The summed E-state index contributed by atoms with van der Waals surface area (Å²) in [5, 5.41) is 0.576. The van der Waals surface area contributed by atoms with Gasteiger partial charge in [-0.3, -0.25) is 0 Å². The first-order valence-corrected chi connectivity index (χ1v) is 5.28. The second-order valence-electron chi connectivity index (χ2n) is 3.84. The minimum Gasteiger partial charge on any atom is -0.439 e. The molecule has 2 N–H and O–H groups in total. The van der Waals surface area contributed by atoms with Gasteiger partial charge in [-0.15, -0.1) is 0 Å². The van der Waals surface area contributed by atoms with Crippen molar-refractivity contribution in [3.63, 3.8) is 0 Å². The Morgan fingerprint density at radius 3 is 2.80 bits per heavy atom. The van der Waals surface area contributed by atoms with Crippen molar-refractivity contribution in [2.24, 2.45) is 5.73 Å². The van der Waals surface area contributed by atoms with Crippen molar-refractivity contribution in [3.8, 4) is 0 Å². The van der Waals surface area contributed by atoms with Crippen molar-refractivity contribution in [3.05, 3.63) is 28.6 Å². The lowest BCUT2D eigenvalue weighted by Crippen LogP contribution is -1.95. The number of hydrogen-bond donors (Lipinski definition) is 1. The Hall–Kier alpha value is -1.06. The van der Waals surface area contributed by atoms with E-state index < -0.39 is 0 Å². The summed E-state index contributed by atoms with van der Waals surface area (Å²) in [5.74, 6) is 0.968. The van der Waals surface area contributed by atoms with Gasteiger partial charge in [-0.1, -0.05) is 25.4 Å². The standard InChI is InChI=1S/C11H13ClN2O/c1-6(2)11-14-9-4-7(5-13)3-8(12)10(9)15-11/h3-4,6H,5,13H2,1-2H3. The molecule has 0 atom stereocenters. The van der Waals surface area contributed by atoms with Gasteiger partial charge < -0.3 is 10.2 Å². The number of fused-ring (bicyclic) bond motifs is 1. The van der Waals surface area contributed by atoms with Crippen molar-refractivity contribution in [2.75, 3.05) is 0 Å². The molecule has 0 radical (unpaired) electrons. The highest BCUT2D eigenvalue weighted by molar-refractivity contribution is 6.34. The van der Waals surface area contributed by atoms with Crippen LogP contribution >= 0.6 is 11.6 Å². The third-order valence-corrected chi connectivity index (χ3v) is 2.53. The van der Waals surface area contributed by atoms with E-state index in [1.807, 2.05) is 26.0 Å². The normalized spacial score (nSPS) is 11.5. The fourth-order valence-electron chi connectivity index (χ4n) is 1.43. The highest BCUT2D eigenvalue weighted by Gasteiger charge is 2.12. The Bertz CT molecular complexity index is 491. The third kappa shape index (κ3) is 1.85. The zero-order chi connectivity index (χ0) is 11.0. The van der Waals surface area contributed by atoms with Crippen LogP contribution in [0.25, 0.3) is 11.1 Å². The average molecular weight is 225 g/mol. The van der Waals surface area contributed by atoms with E-state index in [1.54, 1.807) is 0 Å². The molecule has 2 rings (SSSR count). The molecule has 4 heteroatoms. The second kappa shape index (κ2) is 3.83. The lowest BCUT2D eigenvalue weighted by molar-refractivity contribution is 0.501. The maximum atomic E-state index is 6.07. The van der Waals surface area contributed by atoms with Crippen LogP contribution in [0.4, 0.5) is 0 Å². The van der Waals surface area contributed by atoms with E-state index in [9.17, 15) is 0 Å². The molecule has 15 heavy (non-hydrogen) atoms. The van der Waals surface area contributed by atoms with Crippen LogP contribution in [0.5, 0.6) is 0 Å². The molecular formula is C11H13ClN2O. The summed E-state index contributed by atoms with van der Waals surface area (Å²) < 4.78 is 5.58. The maximum absolute atomic E-state index is 6.07. The van der Waals surface area contributed by atoms with Crippen LogP contribution in [-0.4, -0.2) is 4.98 Å². The molecule has 1 aromatic carbocycles. The van der Waals surface area contributed by atoms with Crippen molar-refractivity contribution < 1.29 is 4.42 Å². The summed E-state index contributed by atoms with van der Waals surface area (Å²) in [6.07, 6.45) is 0. The van der Waals surface area contributed by atoms with Crippen LogP contribution in [0.2, 0.25) is 5.02 Å². The first-order valence-electron chi connectivity index (χ1n) is 4.90. The van der Waals surface area contributed by atoms with Gasteiger partial charge in [0.05, 0.1) is 5.02 Å². The number of nitrogens with two attached hydrogens (primary N) is 1. The van der Waals surface area contributed by atoms with Gasteiger partial charge in [0.1, 0.15) is 5.52 Å². The second-order valence-corrected chi connectivity index (χ2v) is 4.24. The van der Waals surface area contributed by atoms with Gasteiger partial charge in [-0.2, -0.15) is 0 Å². The van der Waals surface area contributed by atoms with E-state index in [-0.39, 0.29) is 5.92 Å². The van der Waals surface area contributed by atoms with Crippen LogP contribution in [0.3, 0.4) is 0 Å². The lowest BCUT2D eigenvalue weighted by atomic mass is 10.2. The predicted molar refractivity (Wildman–Crippen MR) is 61.0 cm³/mol. The number of rotatable bonds is 2. The summed E-state index contributed by atoms with van der Waals surface area (Å²) in [7, 11) is 0. The number of nitrogens with zero attached hydrogens (tertiary/aromatic N) is 1. The van der Waals surface area contributed by atoms with E-state index in [4.69, 9.17) is 21.8 Å². The molecule has 1 heterocycles. The number of benzene rings is 1. The zero-order valence-corrected chi connectivity index (χ0v) is 9.51. The highest BCUT2D eigenvalue weighted by Crippen LogP contribution is 2.28. The van der Waals surface area contributed by atoms with Crippen LogP contribution in [-0.2, 0) is 6.54 Å².